The number of pyridine rings is 2. The van der Waals surface area contributed by atoms with E-state index in [0.717, 1.165) is 15.7 Å². The van der Waals surface area contributed by atoms with Crippen molar-refractivity contribution >= 4 is 5.91 Å². The molecule has 0 radical (unpaired) electrons. The molecule has 3 rings (SSSR count). The van der Waals surface area contributed by atoms with E-state index in [2.05, 4.69) is 4.98 Å². The van der Waals surface area contributed by atoms with Crippen LogP contribution >= 0.6 is 0 Å². The molecule has 3 aromatic rings. The highest BCUT2D eigenvalue weighted by Crippen LogP contribution is 2.23. The van der Waals surface area contributed by atoms with Crippen molar-refractivity contribution in [2.24, 2.45) is 0 Å². The van der Waals surface area contributed by atoms with Crippen LogP contribution in [0.2, 0.25) is 0 Å². The van der Waals surface area contributed by atoms with Gasteiger partial charge < -0.3 is 4.74 Å². The van der Waals surface area contributed by atoms with Crippen LogP contribution in [-0.2, 0) is 0 Å². The quantitative estimate of drug-likeness (QED) is 0.744. The van der Waals surface area contributed by atoms with Gasteiger partial charge in [-0.1, -0.05) is 36.4 Å². The molecule has 0 saturated carbocycles. The molecule has 5 heteroatoms. The van der Waals surface area contributed by atoms with Gasteiger partial charge in [0.2, 0.25) is 0 Å². The predicted octanol–water partition coefficient (Wildman–Crippen LogP) is 2.92. The van der Waals surface area contributed by atoms with E-state index in [9.17, 15) is 9.59 Å². The van der Waals surface area contributed by atoms with Crippen molar-refractivity contribution in [1.82, 2.24) is 9.55 Å². The van der Waals surface area contributed by atoms with Crippen molar-refractivity contribution in [3.63, 3.8) is 0 Å². The van der Waals surface area contributed by atoms with Gasteiger partial charge in [0.15, 0.2) is 0 Å². The molecule has 2 aromatic heterocycles. The lowest BCUT2D eigenvalue weighted by Gasteiger charge is -2.09. The van der Waals surface area contributed by atoms with Crippen molar-refractivity contribution in [1.29, 1.82) is 0 Å². The van der Waals surface area contributed by atoms with Crippen molar-refractivity contribution in [3.8, 4) is 17.0 Å². The number of aromatic nitrogens is 2. The Morgan fingerprint density at radius 2 is 1.83 bits per heavy atom. The van der Waals surface area contributed by atoms with Crippen LogP contribution in [0, 0.1) is 6.92 Å². The Morgan fingerprint density at radius 3 is 2.54 bits per heavy atom. The molecule has 1 aromatic carbocycles. The van der Waals surface area contributed by atoms with Gasteiger partial charge in [-0.25, -0.2) is 9.55 Å². The minimum Gasteiger partial charge on any atom is -0.497 e. The number of nitrogens with zero attached hydrogens (tertiary/aromatic N) is 2. The van der Waals surface area contributed by atoms with Crippen LogP contribution in [0.15, 0.2) is 65.6 Å². The van der Waals surface area contributed by atoms with Crippen LogP contribution in [0.25, 0.3) is 11.3 Å². The minimum atomic E-state index is -0.486. The largest absolute Gasteiger partial charge is 0.497 e. The Labute approximate surface area is 139 Å². The van der Waals surface area contributed by atoms with Crippen LogP contribution in [-0.4, -0.2) is 22.6 Å². The van der Waals surface area contributed by atoms with Crippen molar-refractivity contribution in [2.75, 3.05) is 7.11 Å². The number of rotatable bonds is 3. The third-order valence-corrected chi connectivity index (χ3v) is 3.60. The molecule has 0 atom stereocenters. The molecule has 2 heterocycles. The summed E-state index contributed by atoms with van der Waals surface area (Å²) in [5, 5.41) is 0. The first-order valence-electron chi connectivity index (χ1n) is 7.44. The van der Waals surface area contributed by atoms with E-state index >= 15 is 0 Å². The molecule has 24 heavy (non-hydrogen) atoms. The highest BCUT2D eigenvalue weighted by molar-refractivity contribution is 5.95. The molecule has 0 bridgehead atoms. The van der Waals surface area contributed by atoms with E-state index in [1.165, 1.54) is 25.4 Å². The van der Waals surface area contributed by atoms with Crippen LogP contribution in [0.4, 0.5) is 0 Å². The monoisotopic (exact) mass is 320 g/mol. The number of carbonyl (C=O) groups is 1. The highest BCUT2D eigenvalue weighted by Gasteiger charge is 2.15. The first-order chi connectivity index (χ1) is 11.6. The van der Waals surface area contributed by atoms with E-state index in [1.54, 1.807) is 12.1 Å². The third kappa shape index (κ3) is 3.10. The van der Waals surface area contributed by atoms with E-state index < -0.39 is 11.5 Å². The van der Waals surface area contributed by atoms with Crippen LogP contribution in [0.5, 0.6) is 5.75 Å². The Balaban J connectivity index is 2.12. The highest BCUT2D eigenvalue weighted by atomic mass is 16.5. The number of ether oxygens (including phenoxy) is 1. The fraction of sp³-hybridized carbons (Fsp3) is 0.105. The van der Waals surface area contributed by atoms with E-state index in [1.807, 2.05) is 37.3 Å². The van der Waals surface area contributed by atoms with Crippen LogP contribution in [0.3, 0.4) is 0 Å². The maximum Gasteiger partial charge on any atom is 0.283 e. The Morgan fingerprint density at radius 1 is 1.08 bits per heavy atom. The number of aryl methyl sites for hydroxylation is 1. The lowest BCUT2D eigenvalue weighted by atomic mass is 10.1. The summed E-state index contributed by atoms with van der Waals surface area (Å²) in [5.74, 6) is 0.0210. The fourth-order valence-corrected chi connectivity index (χ4v) is 2.37. The number of benzene rings is 1. The zero-order chi connectivity index (χ0) is 17.1. The van der Waals surface area contributed by atoms with Crippen LogP contribution in [0.1, 0.15) is 16.1 Å². The second-order valence-corrected chi connectivity index (χ2v) is 5.36. The lowest BCUT2D eigenvalue weighted by Crippen LogP contribution is -2.27. The van der Waals surface area contributed by atoms with Crippen molar-refractivity contribution in [3.05, 3.63) is 82.4 Å². The summed E-state index contributed by atoms with van der Waals surface area (Å²) < 4.78 is 6.34. The number of carbonyl (C=O) groups excluding carboxylic acids is 1. The average molecular weight is 320 g/mol. The van der Waals surface area contributed by atoms with Gasteiger partial charge in [0.1, 0.15) is 11.4 Å². The summed E-state index contributed by atoms with van der Waals surface area (Å²) >= 11 is 0. The molecule has 0 aliphatic rings. The molecular formula is C19H16N2O3. The molecule has 5 nitrogen and oxygen atoms in total. The molecule has 0 saturated heterocycles. The fourth-order valence-electron chi connectivity index (χ4n) is 2.37. The Bertz CT molecular complexity index is 946. The molecule has 0 unspecified atom stereocenters. The van der Waals surface area contributed by atoms with E-state index in [4.69, 9.17) is 4.74 Å². The minimum absolute atomic E-state index is 0.154. The lowest BCUT2D eigenvalue weighted by molar-refractivity contribution is 0.0950. The first-order valence-corrected chi connectivity index (χ1v) is 7.44. The predicted molar refractivity (Wildman–Crippen MR) is 91.4 cm³/mol. The Hall–Kier alpha value is -3.21. The Kier molecular flexibility index (Phi) is 4.24. The van der Waals surface area contributed by atoms with Gasteiger partial charge in [0.25, 0.3) is 11.5 Å². The average Bonchev–Trinajstić information content (AvgIpc) is 2.63. The van der Waals surface area contributed by atoms with Gasteiger partial charge in [-0.05, 0) is 12.5 Å². The maximum absolute atomic E-state index is 12.7. The molecule has 0 aliphatic carbocycles. The molecule has 0 N–H and O–H groups in total. The summed E-state index contributed by atoms with van der Waals surface area (Å²) in [7, 11) is 1.52. The van der Waals surface area contributed by atoms with Crippen molar-refractivity contribution < 1.29 is 9.53 Å². The summed E-state index contributed by atoms with van der Waals surface area (Å²) in [5.41, 5.74) is 2.05. The number of hydrogen-bond acceptors (Lipinski definition) is 4. The smallest absolute Gasteiger partial charge is 0.283 e. The van der Waals surface area contributed by atoms with Gasteiger partial charge in [-0.3, -0.25) is 9.59 Å². The molecule has 0 spiro atoms. The zero-order valence-corrected chi connectivity index (χ0v) is 13.4. The summed E-state index contributed by atoms with van der Waals surface area (Å²) in [4.78, 5) is 29.1. The van der Waals surface area contributed by atoms with Crippen LogP contribution < -0.4 is 10.3 Å². The summed E-state index contributed by atoms with van der Waals surface area (Å²) in [6.07, 6.45) is 1.51. The molecule has 120 valence electrons. The SMILES string of the molecule is COc1cc(C(=O)n2cc(C)ccc2=O)nc(-c2ccccc2)c1. The van der Waals surface area contributed by atoms with Gasteiger partial charge in [0.05, 0.1) is 12.8 Å². The summed E-state index contributed by atoms with van der Waals surface area (Å²) in [6.45, 7) is 1.82. The molecule has 0 aliphatic heterocycles. The van der Waals surface area contributed by atoms with Gasteiger partial charge in [-0.2, -0.15) is 0 Å². The maximum atomic E-state index is 12.7. The first kappa shape index (κ1) is 15.7. The topological polar surface area (TPSA) is 61.2 Å². The second kappa shape index (κ2) is 6.50. The van der Waals surface area contributed by atoms with E-state index in [-0.39, 0.29) is 5.69 Å². The van der Waals surface area contributed by atoms with Gasteiger partial charge in [-0.15, -0.1) is 0 Å². The van der Waals surface area contributed by atoms with Crippen molar-refractivity contribution in [2.45, 2.75) is 6.92 Å². The van der Waals surface area contributed by atoms with Gasteiger partial charge >= 0.3 is 0 Å². The summed E-state index contributed by atoms with van der Waals surface area (Å²) in [6, 6.07) is 15.8. The molecular weight excluding hydrogens is 304 g/mol. The number of hydrogen-bond donors (Lipinski definition) is 0. The normalized spacial score (nSPS) is 10.4. The number of methoxy groups -OCH3 is 1. The zero-order valence-electron chi connectivity index (χ0n) is 13.4. The third-order valence-electron chi connectivity index (χ3n) is 3.60. The van der Waals surface area contributed by atoms with Gasteiger partial charge in [0, 0.05) is 30.0 Å². The standard InChI is InChI=1S/C19H16N2O3/c1-13-8-9-18(22)21(12-13)19(23)17-11-15(24-2)10-16(20-17)14-6-4-3-5-7-14/h3-12H,1-2H3. The molecule has 0 amide bonds. The molecule has 0 fully saturated rings. The van der Waals surface area contributed by atoms with E-state index in [0.29, 0.717) is 11.4 Å². The second-order valence-electron chi connectivity index (χ2n) is 5.36.